The third-order valence-electron chi connectivity index (χ3n) is 4.81. The molecule has 2 aromatic rings. The highest BCUT2D eigenvalue weighted by atomic mass is 16.4. The van der Waals surface area contributed by atoms with E-state index in [0.29, 0.717) is 6.54 Å². The van der Waals surface area contributed by atoms with Gasteiger partial charge >= 0.3 is 5.97 Å². The average Bonchev–Trinajstić information content (AvgIpc) is 3.10. The number of likely N-dealkylation sites (tertiary alicyclic amines) is 1. The molecule has 128 valence electrons. The maximum absolute atomic E-state index is 12.2. The smallest absolute Gasteiger partial charge is 0.304 e. The van der Waals surface area contributed by atoms with Gasteiger partial charge in [0.25, 0.3) is 0 Å². The van der Waals surface area contributed by atoms with Gasteiger partial charge < -0.3 is 10.4 Å². The van der Waals surface area contributed by atoms with Crippen molar-refractivity contribution in [2.24, 2.45) is 0 Å². The van der Waals surface area contributed by atoms with Gasteiger partial charge in [0, 0.05) is 24.0 Å². The minimum Gasteiger partial charge on any atom is -0.481 e. The molecule has 24 heavy (non-hydrogen) atoms. The molecule has 0 spiro atoms. The Labute approximate surface area is 140 Å². The van der Waals surface area contributed by atoms with E-state index < -0.39 is 5.97 Å². The number of rotatable bonds is 6. The Morgan fingerprint density at radius 3 is 2.88 bits per heavy atom. The van der Waals surface area contributed by atoms with E-state index in [9.17, 15) is 9.59 Å². The highest BCUT2D eigenvalue weighted by molar-refractivity contribution is 5.87. The highest BCUT2D eigenvalue weighted by Gasteiger charge is 2.31. The molecule has 7 nitrogen and oxygen atoms in total. The summed E-state index contributed by atoms with van der Waals surface area (Å²) < 4.78 is 0. The van der Waals surface area contributed by atoms with E-state index in [1.54, 1.807) is 0 Å². The summed E-state index contributed by atoms with van der Waals surface area (Å²) in [5, 5.41) is 20.0. The van der Waals surface area contributed by atoms with Crippen LogP contribution >= 0.6 is 0 Å². The summed E-state index contributed by atoms with van der Waals surface area (Å²) in [4.78, 5) is 25.1. The number of carboxylic acid groups (broad SMARTS) is 1. The number of nitrogens with one attached hydrogen (secondary N) is 2. The molecule has 0 saturated carbocycles. The van der Waals surface area contributed by atoms with E-state index in [0.717, 1.165) is 29.4 Å². The standard InChI is InChI=1S/C17H22N4O3/c1-21-11(8-17(23)24)6-7-12(21)10-18-16(22)9-15-13-4-2-3-5-14(13)19-20-15/h2-5,11-12H,6-10H2,1H3,(H,18,22)(H,19,20)(H,23,24)/t11-,12+/m1/s1. The summed E-state index contributed by atoms with van der Waals surface area (Å²) in [5.41, 5.74) is 1.67. The quantitative estimate of drug-likeness (QED) is 0.738. The number of aromatic amines is 1. The fourth-order valence-electron chi connectivity index (χ4n) is 3.39. The normalized spacial score (nSPS) is 21.2. The Bertz CT molecular complexity index is 742. The van der Waals surface area contributed by atoms with Crippen LogP contribution in [0.5, 0.6) is 0 Å². The lowest BCUT2D eigenvalue weighted by Gasteiger charge is -2.25. The molecule has 1 aliphatic rings. The molecule has 7 heteroatoms. The maximum atomic E-state index is 12.2. The van der Waals surface area contributed by atoms with Crippen LogP contribution in [0.4, 0.5) is 0 Å². The molecule has 0 aliphatic carbocycles. The lowest BCUT2D eigenvalue weighted by atomic mass is 10.1. The summed E-state index contributed by atoms with van der Waals surface area (Å²) in [6, 6.07) is 7.94. The summed E-state index contributed by atoms with van der Waals surface area (Å²) in [7, 11) is 1.93. The van der Waals surface area contributed by atoms with Crippen LogP contribution in [0.1, 0.15) is 25.0 Å². The van der Waals surface area contributed by atoms with Gasteiger partial charge in [-0.2, -0.15) is 5.10 Å². The molecule has 0 bridgehead atoms. The number of hydrogen-bond acceptors (Lipinski definition) is 4. The average molecular weight is 330 g/mol. The number of carboxylic acids is 1. The van der Waals surface area contributed by atoms with Gasteiger partial charge in [-0.1, -0.05) is 18.2 Å². The Balaban J connectivity index is 1.52. The molecule has 1 aliphatic heterocycles. The molecular formula is C17H22N4O3. The molecule has 3 N–H and O–H groups in total. The van der Waals surface area contributed by atoms with E-state index in [2.05, 4.69) is 20.4 Å². The summed E-state index contributed by atoms with van der Waals surface area (Å²) in [6.45, 7) is 0.539. The van der Waals surface area contributed by atoms with Crippen molar-refractivity contribution in [3.8, 4) is 0 Å². The highest BCUT2D eigenvalue weighted by Crippen LogP contribution is 2.24. The molecule has 2 heterocycles. The Morgan fingerprint density at radius 2 is 2.08 bits per heavy atom. The molecule has 1 fully saturated rings. The van der Waals surface area contributed by atoms with Gasteiger partial charge in [0.2, 0.25) is 5.91 Å². The van der Waals surface area contributed by atoms with Crippen LogP contribution in [-0.2, 0) is 16.0 Å². The largest absolute Gasteiger partial charge is 0.481 e. The Hall–Kier alpha value is -2.41. The lowest BCUT2D eigenvalue weighted by Crippen LogP contribution is -2.41. The second-order valence-corrected chi connectivity index (χ2v) is 6.35. The van der Waals surface area contributed by atoms with Crippen molar-refractivity contribution in [1.29, 1.82) is 0 Å². The van der Waals surface area contributed by atoms with E-state index in [1.165, 1.54) is 0 Å². The number of nitrogens with zero attached hydrogens (tertiary/aromatic N) is 2. The first-order chi connectivity index (χ1) is 11.5. The number of fused-ring (bicyclic) bond motifs is 1. The van der Waals surface area contributed by atoms with Crippen molar-refractivity contribution in [1.82, 2.24) is 20.4 Å². The number of likely N-dealkylation sites (N-methyl/N-ethyl adjacent to an activating group) is 1. The second-order valence-electron chi connectivity index (χ2n) is 6.35. The zero-order chi connectivity index (χ0) is 17.1. The molecule has 0 radical (unpaired) electrons. The van der Waals surface area contributed by atoms with Gasteiger partial charge in [0.1, 0.15) is 0 Å². The maximum Gasteiger partial charge on any atom is 0.304 e. The summed E-state index contributed by atoms with van der Waals surface area (Å²) in [6.07, 6.45) is 2.17. The molecule has 1 aromatic heterocycles. The molecule has 1 amide bonds. The zero-order valence-corrected chi connectivity index (χ0v) is 13.7. The van der Waals surface area contributed by atoms with Crippen LogP contribution in [0.2, 0.25) is 0 Å². The predicted molar refractivity (Wildman–Crippen MR) is 89.6 cm³/mol. The topological polar surface area (TPSA) is 98.3 Å². The van der Waals surface area contributed by atoms with Crippen molar-refractivity contribution in [3.05, 3.63) is 30.0 Å². The van der Waals surface area contributed by atoms with Crippen molar-refractivity contribution >= 4 is 22.8 Å². The minimum atomic E-state index is -0.775. The molecule has 1 aromatic carbocycles. The van der Waals surface area contributed by atoms with Crippen molar-refractivity contribution in [3.63, 3.8) is 0 Å². The molecule has 0 unspecified atom stereocenters. The third kappa shape index (κ3) is 3.56. The van der Waals surface area contributed by atoms with Crippen LogP contribution in [0, 0.1) is 0 Å². The Morgan fingerprint density at radius 1 is 1.33 bits per heavy atom. The minimum absolute atomic E-state index is 0.0560. The van der Waals surface area contributed by atoms with Crippen LogP contribution in [-0.4, -0.2) is 57.8 Å². The van der Waals surface area contributed by atoms with Crippen molar-refractivity contribution in [2.45, 2.75) is 37.8 Å². The lowest BCUT2D eigenvalue weighted by molar-refractivity contribution is -0.138. The number of aromatic nitrogens is 2. The van der Waals surface area contributed by atoms with Crippen LogP contribution in [0.15, 0.2) is 24.3 Å². The number of carbonyl (C=O) groups excluding carboxylic acids is 1. The fraction of sp³-hybridized carbons (Fsp3) is 0.471. The molecule has 2 atom stereocenters. The summed E-state index contributed by atoms with van der Waals surface area (Å²) in [5.74, 6) is -0.831. The van der Waals surface area contributed by atoms with Gasteiger partial charge in [0.15, 0.2) is 0 Å². The number of amides is 1. The van der Waals surface area contributed by atoms with Crippen LogP contribution in [0.25, 0.3) is 10.9 Å². The number of H-pyrrole nitrogens is 1. The SMILES string of the molecule is CN1[C@@H](CC(=O)O)CC[C@H]1CNC(=O)Cc1[nH]nc2ccccc12. The molecule has 3 rings (SSSR count). The predicted octanol–water partition coefficient (Wildman–Crippen LogP) is 1.16. The molecule has 1 saturated heterocycles. The second kappa shape index (κ2) is 7.00. The first-order valence-corrected chi connectivity index (χ1v) is 8.17. The first-order valence-electron chi connectivity index (χ1n) is 8.17. The van der Waals surface area contributed by atoms with Crippen LogP contribution < -0.4 is 5.32 Å². The monoisotopic (exact) mass is 330 g/mol. The zero-order valence-electron chi connectivity index (χ0n) is 13.7. The van der Waals surface area contributed by atoms with Gasteiger partial charge in [-0.25, -0.2) is 0 Å². The third-order valence-corrected chi connectivity index (χ3v) is 4.81. The van der Waals surface area contributed by atoms with E-state index in [1.807, 2.05) is 31.3 Å². The number of benzene rings is 1. The van der Waals surface area contributed by atoms with Crippen molar-refractivity contribution in [2.75, 3.05) is 13.6 Å². The van der Waals surface area contributed by atoms with Crippen molar-refractivity contribution < 1.29 is 14.7 Å². The number of aliphatic carboxylic acids is 1. The summed E-state index contributed by atoms with van der Waals surface area (Å²) >= 11 is 0. The van der Waals surface area contributed by atoms with Crippen LogP contribution in [0.3, 0.4) is 0 Å². The van der Waals surface area contributed by atoms with Gasteiger partial charge in [0.05, 0.1) is 24.1 Å². The Kier molecular flexibility index (Phi) is 4.80. The van der Waals surface area contributed by atoms with E-state index in [4.69, 9.17) is 5.11 Å². The van der Waals surface area contributed by atoms with Gasteiger partial charge in [-0.05, 0) is 26.0 Å². The fourth-order valence-corrected chi connectivity index (χ4v) is 3.39. The van der Waals surface area contributed by atoms with E-state index >= 15 is 0 Å². The number of para-hydroxylation sites is 1. The van der Waals surface area contributed by atoms with Gasteiger partial charge in [-0.3, -0.25) is 19.6 Å². The molecular weight excluding hydrogens is 308 g/mol. The number of hydrogen-bond donors (Lipinski definition) is 3. The number of carbonyl (C=O) groups is 2. The van der Waals surface area contributed by atoms with E-state index in [-0.39, 0.29) is 30.8 Å². The van der Waals surface area contributed by atoms with Gasteiger partial charge in [-0.15, -0.1) is 0 Å². The first kappa shape index (κ1) is 16.4.